The average Bonchev–Trinajstić information content (AvgIpc) is 3.36. The van der Waals surface area contributed by atoms with Crippen LogP contribution in [-0.4, -0.2) is 33.9 Å². The molecular weight excluding hydrogens is 402 g/mol. The van der Waals surface area contributed by atoms with E-state index >= 15 is 0 Å². The second kappa shape index (κ2) is 8.04. The molecule has 2 aromatic carbocycles. The van der Waals surface area contributed by atoms with E-state index in [1.165, 1.54) is 35.5 Å². The van der Waals surface area contributed by atoms with Crippen molar-refractivity contribution in [1.82, 2.24) is 4.90 Å². The first-order chi connectivity index (χ1) is 14.5. The van der Waals surface area contributed by atoms with Crippen LogP contribution in [0.25, 0.3) is 5.76 Å². The molecule has 1 saturated heterocycles. The third-order valence-corrected chi connectivity index (χ3v) is 5.88. The van der Waals surface area contributed by atoms with Crippen molar-refractivity contribution in [2.24, 2.45) is 0 Å². The molecule has 152 valence electrons. The number of likely N-dealkylation sites (tertiary alicyclic amines) is 1. The smallest absolute Gasteiger partial charge is 0.295 e. The first kappa shape index (κ1) is 19.7. The summed E-state index contributed by atoms with van der Waals surface area (Å²) < 4.78 is 5.14. The number of ketones is 1. The van der Waals surface area contributed by atoms with Crippen molar-refractivity contribution in [3.63, 3.8) is 0 Å². The highest BCUT2D eigenvalue weighted by Crippen LogP contribution is 2.41. The van der Waals surface area contributed by atoms with Crippen molar-refractivity contribution in [3.8, 4) is 11.5 Å². The van der Waals surface area contributed by atoms with Gasteiger partial charge in [-0.3, -0.25) is 9.59 Å². The van der Waals surface area contributed by atoms with Gasteiger partial charge in [0.15, 0.2) is 0 Å². The Labute approximate surface area is 177 Å². The van der Waals surface area contributed by atoms with E-state index < -0.39 is 17.7 Å². The standard InChI is InChI=1S/C23H19NO5S/c1-29-17-10-6-15(7-11-17)21(26)19-20(14-4-8-16(25)9-5-14)24(23(28)22(19)27)13-18-3-2-12-30-18/h2-12,20,25-26H,13H2,1H3/b21-19-. The van der Waals surface area contributed by atoms with Gasteiger partial charge in [-0.25, -0.2) is 0 Å². The molecule has 2 heterocycles. The molecule has 0 aliphatic carbocycles. The van der Waals surface area contributed by atoms with Crippen LogP contribution in [0.4, 0.5) is 0 Å². The van der Waals surface area contributed by atoms with Crippen molar-refractivity contribution >= 4 is 28.8 Å². The van der Waals surface area contributed by atoms with Gasteiger partial charge in [-0.15, -0.1) is 11.3 Å². The normalized spacial score (nSPS) is 18.0. The first-order valence-corrected chi connectivity index (χ1v) is 10.1. The lowest BCUT2D eigenvalue weighted by Crippen LogP contribution is -2.28. The lowest BCUT2D eigenvalue weighted by molar-refractivity contribution is -0.140. The monoisotopic (exact) mass is 421 g/mol. The van der Waals surface area contributed by atoms with E-state index in [0.717, 1.165) is 4.88 Å². The minimum atomic E-state index is -0.769. The fourth-order valence-electron chi connectivity index (χ4n) is 3.52. The largest absolute Gasteiger partial charge is 0.508 e. The number of aliphatic hydroxyl groups is 1. The fraction of sp³-hybridized carbons (Fsp3) is 0.130. The van der Waals surface area contributed by atoms with Gasteiger partial charge in [-0.1, -0.05) is 18.2 Å². The molecule has 7 heteroatoms. The Morgan fingerprint density at radius 2 is 1.77 bits per heavy atom. The van der Waals surface area contributed by atoms with Crippen molar-refractivity contribution in [1.29, 1.82) is 0 Å². The minimum absolute atomic E-state index is 0.0208. The molecule has 1 unspecified atom stereocenters. The molecule has 1 aliphatic heterocycles. The van der Waals surface area contributed by atoms with Crippen LogP contribution in [-0.2, 0) is 16.1 Å². The summed E-state index contributed by atoms with van der Waals surface area (Å²) in [6.07, 6.45) is 0. The van der Waals surface area contributed by atoms with E-state index in [4.69, 9.17) is 4.74 Å². The Bertz CT molecular complexity index is 1100. The number of carbonyl (C=O) groups excluding carboxylic acids is 2. The Morgan fingerprint density at radius 1 is 1.07 bits per heavy atom. The molecule has 6 nitrogen and oxygen atoms in total. The predicted molar refractivity (Wildman–Crippen MR) is 113 cm³/mol. The van der Waals surface area contributed by atoms with E-state index in [9.17, 15) is 19.8 Å². The zero-order valence-electron chi connectivity index (χ0n) is 16.1. The summed E-state index contributed by atoms with van der Waals surface area (Å²) in [5, 5.41) is 22.6. The van der Waals surface area contributed by atoms with Crippen LogP contribution in [0.15, 0.2) is 71.6 Å². The fourth-order valence-corrected chi connectivity index (χ4v) is 4.22. The molecule has 1 aliphatic rings. The van der Waals surface area contributed by atoms with E-state index in [2.05, 4.69) is 0 Å². The minimum Gasteiger partial charge on any atom is -0.508 e. The maximum Gasteiger partial charge on any atom is 0.295 e. The van der Waals surface area contributed by atoms with E-state index in [-0.39, 0.29) is 23.6 Å². The van der Waals surface area contributed by atoms with Crippen LogP contribution in [0.3, 0.4) is 0 Å². The highest BCUT2D eigenvalue weighted by molar-refractivity contribution is 7.09. The number of nitrogens with zero attached hydrogens (tertiary/aromatic N) is 1. The summed E-state index contributed by atoms with van der Waals surface area (Å²) in [5.41, 5.74) is 1.06. The third-order valence-electron chi connectivity index (χ3n) is 5.02. The highest BCUT2D eigenvalue weighted by atomic mass is 32.1. The number of benzene rings is 2. The summed E-state index contributed by atoms with van der Waals surface area (Å²) >= 11 is 1.49. The van der Waals surface area contributed by atoms with Gasteiger partial charge in [0, 0.05) is 10.4 Å². The number of phenolic OH excluding ortho intramolecular Hbond substituents is 1. The van der Waals surface area contributed by atoms with E-state index in [1.807, 2.05) is 17.5 Å². The van der Waals surface area contributed by atoms with Crippen LogP contribution < -0.4 is 4.74 Å². The van der Waals surface area contributed by atoms with Crippen LogP contribution in [0.5, 0.6) is 11.5 Å². The van der Waals surface area contributed by atoms with Crippen LogP contribution >= 0.6 is 11.3 Å². The number of aromatic hydroxyl groups is 1. The van der Waals surface area contributed by atoms with Crippen molar-refractivity contribution in [3.05, 3.63) is 87.6 Å². The summed E-state index contributed by atoms with van der Waals surface area (Å²) in [6.45, 7) is 0.243. The molecule has 3 aromatic rings. The Balaban J connectivity index is 1.84. The second-order valence-electron chi connectivity index (χ2n) is 6.83. The average molecular weight is 421 g/mol. The van der Waals surface area contributed by atoms with Gasteiger partial charge in [0.1, 0.15) is 17.3 Å². The number of carbonyl (C=O) groups is 2. The van der Waals surface area contributed by atoms with Gasteiger partial charge < -0.3 is 19.8 Å². The molecule has 2 N–H and O–H groups in total. The predicted octanol–water partition coefficient (Wildman–Crippen LogP) is 4.08. The second-order valence-corrected chi connectivity index (χ2v) is 7.86. The lowest BCUT2D eigenvalue weighted by Gasteiger charge is -2.25. The number of ether oxygens (including phenoxy) is 1. The molecule has 1 atom stereocenters. The molecule has 0 saturated carbocycles. The summed E-state index contributed by atoms with van der Waals surface area (Å²) in [5.74, 6) is -0.971. The molecular formula is C23H19NO5S. The number of hydrogen-bond acceptors (Lipinski definition) is 6. The molecule has 1 aromatic heterocycles. The van der Waals surface area contributed by atoms with Gasteiger partial charge in [0.25, 0.3) is 11.7 Å². The zero-order valence-corrected chi connectivity index (χ0v) is 16.9. The van der Waals surface area contributed by atoms with Gasteiger partial charge in [0.05, 0.1) is 25.3 Å². The summed E-state index contributed by atoms with van der Waals surface area (Å²) in [6, 6.07) is 15.9. The number of amides is 1. The number of phenols is 1. The van der Waals surface area contributed by atoms with Crippen LogP contribution in [0, 0.1) is 0 Å². The maximum atomic E-state index is 13.0. The van der Waals surface area contributed by atoms with E-state index in [1.54, 1.807) is 36.4 Å². The number of thiophene rings is 1. The Hall–Kier alpha value is -3.58. The topological polar surface area (TPSA) is 87.1 Å². The molecule has 1 amide bonds. The van der Waals surface area contributed by atoms with Crippen molar-refractivity contribution < 1.29 is 24.5 Å². The number of Topliss-reactive ketones (excluding diaryl/α,β-unsaturated/α-hetero) is 1. The van der Waals surface area contributed by atoms with Gasteiger partial charge in [0.2, 0.25) is 0 Å². The molecule has 30 heavy (non-hydrogen) atoms. The molecule has 1 fully saturated rings. The lowest BCUT2D eigenvalue weighted by atomic mass is 9.95. The maximum absolute atomic E-state index is 13.0. The van der Waals surface area contributed by atoms with Gasteiger partial charge in [-0.2, -0.15) is 0 Å². The van der Waals surface area contributed by atoms with E-state index in [0.29, 0.717) is 16.9 Å². The highest BCUT2D eigenvalue weighted by Gasteiger charge is 2.46. The molecule has 4 rings (SSSR count). The number of hydrogen-bond donors (Lipinski definition) is 2. The quantitative estimate of drug-likeness (QED) is 0.368. The van der Waals surface area contributed by atoms with Crippen LogP contribution in [0.1, 0.15) is 22.0 Å². The third kappa shape index (κ3) is 3.55. The number of methoxy groups -OCH3 is 1. The van der Waals surface area contributed by atoms with Gasteiger partial charge >= 0.3 is 0 Å². The molecule has 0 spiro atoms. The summed E-state index contributed by atoms with van der Waals surface area (Å²) in [7, 11) is 1.54. The van der Waals surface area contributed by atoms with Crippen molar-refractivity contribution in [2.45, 2.75) is 12.6 Å². The Morgan fingerprint density at radius 3 is 2.37 bits per heavy atom. The molecule has 0 radical (unpaired) electrons. The van der Waals surface area contributed by atoms with Gasteiger partial charge in [-0.05, 0) is 53.4 Å². The summed E-state index contributed by atoms with van der Waals surface area (Å²) in [4.78, 5) is 28.2. The first-order valence-electron chi connectivity index (χ1n) is 9.23. The Kier molecular flexibility index (Phi) is 5.29. The SMILES string of the molecule is COc1ccc(/C(O)=C2/C(=O)C(=O)N(Cc3cccs3)C2c2ccc(O)cc2)cc1. The number of rotatable bonds is 5. The zero-order chi connectivity index (χ0) is 21.3. The number of aliphatic hydroxyl groups excluding tert-OH is 1. The molecule has 0 bridgehead atoms. The van der Waals surface area contributed by atoms with Crippen molar-refractivity contribution in [2.75, 3.05) is 7.11 Å². The van der Waals surface area contributed by atoms with Crippen LogP contribution in [0.2, 0.25) is 0 Å².